The summed E-state index contributed by atoms with van der Waals surface area (Å²) in [7, 11) is -3.63. The third-order valence-corrected chi connectivity index (χ3v) is 4.17. The van der Waals surface area contributed by atoms with E-state index in [0.717, 1.165) is 5.39 Å². The number of hydrogen-bond donors (Lipinski definition) is 1. The van der Waals surface area contributed by atoms with Crippen LogP contribution < -0.4 is 4.72 Å². The van der Waals surface area contributed by atoms with Crippen LogP contribution in [0, 0.1) is 0 Å². The molecule has 0 aliphatic carbocycles. The average Bonchev–Trinajstić information content (AvgIpc) is 2.84. The van der Waals surface area contributed by atoms with E-state index >= 15 is 0 Å². The molecule has 4 nitrogen and oxygen atoms in total. The molecule has 0 saturated heterocycles. The van der Waals surface area contributed by atoms with Gasteiger partial charge in [0.05, 0.1) is 11.2 Å². The Hall–Kier alpha value is -2.27. The van der Waals surface area contributed by atoms with E-state index in [4.69, 9.17) is 0 Å². The standard InChI is InChI=1S/C14H12N2O2S/c17-19(18,15-13-7-2-1-3-8-13)16-11-10-12-6-4-5-9-14(12)16/h1-11,15H. The maximum absolute atomic E-state index is 12.3. The van der Waals surface area contributed by atoms with Gasteiger partial charge in [0, 0.05) is 11.6 Å². The number of para-hydroxylation sites is 2. The monoisotopic (exact) mass is 272 g/mol. The summed E-state index contributed by atoms with van der Waals surface area (Å²) in [6.07, 6.45) is 1.55. The smallest absolute Gasteiger partial charge is 0.266 e. The fourth-order valence-corrected chi connectivity index (χ4v) is 3.15. The molecule has 96 valence electrons. The molecule has 0 aliphatic rings. The van der Waals surface area contributed by atoms with Gasteiger partial charge in [-0.05, 0) is 24.3 Å². The van der Waals surface area contributed by atoms with Gasteiger partial charge in [-0.15, -0.1) is 0 Å². The zero-order valence-corrected chi connectivity index (χ0v) is 10.8. The molecule has 3 aromatic rings. The van der Waals surface area contributed by atoms with Gasteiger partial charge in [-0.25, -0.2) is 3.97 Å². The second-order valence-corrected chi connectivity index (χ2v) is 5.69. The Morgan fingerprint density at radius 2 is 1.53 bits per heavy atom. The van der Waals surface area contributed by atoms with Crippen molar-refractivity contribution in [2.24, 2.45) is 0 Å². The highest BCUT2D eigenvalue weighted by molar-refractivity contribution is 7.91. The summed E-state index contributed by atoms with van der Waals surface area (Å²) >= 11 is 0. The summed E-state index contributed by atoms with van der Waals surface area (Å²) < 4.78 is 28.5. The van der Waals surface area contributed by atoms with Crippen molar-refractivity contribution in [3.63, 3.8) is 0 Å². The minimum atomic E-state index is -3.63. The number of nitrogens with zero attached hydrogens (tertiary/aromatic N) is 1. The van der Waals surface area contributed by atoms with Crippen LogP contribution in [0.25, 0.3) is 10.9 Å². The molecule has 2 aromatic carbocycles. The van der Waals surface area contributed by atoms with Crippen LogP contribution in [0.1, 0.15) is 0 Å². The molecular weight excluding hydrogens is 260 g/mol. The quantitative estimate of drug-likeness (QED) is 0.797. The van der Waals surface area contributed by atoms with E-state index < -0.39 is 10.2 Å². The number of benzene rings is 2. The predicted molar refractivity (Wildman–Crippen MR) is 76.3 cm³/mol. The van der Waals surface area contributed by atoms with Crippen LogP contribution in [0.4, 0.5) is 5.69 Å². The summed E-state index contributed by atoms with van der Waals surface area (Å²) in [4.78, 5) is 0. The van der Waals surface area contributed by atoms with Gasteiger partial charge in [0.15, 0.2) is 0 Å². The maximum Gasteiger partial charge on any atom is 0.327 e. The zero-order chi connectivity index (χ0) is 13.3. The van der Waals surface area contributed by atoms with Crippen molar-refractivity contribution in [2.45, 2.75) is 0 Å². The minimum Gasteiger partial charge on any atom is -0.266 e. The number of fused-ring (bicyclic) bond motifs is 1. The Kier molecular flexibility index (Phi) is 2.76. The molecule has 3 rings (SSSR count). The van der Waals surface area contributed by atoms with Gasteiger partial charge >= 0.3 is 10.2 Å². The molecule has 0 radical (unpaired) electrons. The lowest BCUT2D eigenvalue weighted by molar-refractivity contribution is 0.594. The fraction of sp³-hybridized carbons (Fsp3) is 0. The highest BCUT2D eigenvalue weighted by atomic mass is 32.2. The molecule has 1 heterocycles. The molecule has 19 heavy (non-hydrogen) atoms. The molecule has 0 amide bonds. The number of aromatic nitrogens is 1. The molecule has 0 saturated carbocycles. The van der Waals surface area contributed by atoms with Gasteiger partial charge in [0.1, 0.15) is 0 Å². The van der Waals surface area contributed by atoms with E-state index in [1.165, 1.54) is 3.97 Å². The van der Waals surface area contributed by atoms with Crippen LogP contribution in [0.2, 0.25) is 0 Å². The summed E-state index contributed by atoms with van der Waals surface area (Å²) in [6, 6.07) is 18.0. The first-order chi connectivity index (χ1) is 9.17. The van der Waals surface area contributed by atoms with Crippen LogP contribution in [0.5, 0.6) is 0 Å². The van der Waals surface area contributed by atoms with Crippen molar-refractivity contribution in [3.8, 4) is 0 Å². The summed E-state index contributed by atoms with van der Waals surface area (Å²) in [5.74, 6) is 0. The third-order valence-electron chi connectivity index (χ3n) is 2.84. The topological polar surface area (TPSA) is 51.1 Å². The normalized spacial score (nSPS) is 11.6. The molecule has 0 bridgehead atoms. The number of rotatable bonds is 3. The van der Waals surface area contributed by atoms with E-state index in [0.29, 0.717) is 11.2 Å². The van der Waals surface area contributed by atoms with Gasteiger partial charge in [-0.1, -0.05) is 36.4 Å². The van der Waals surface area contributed by atoms with E-state index in [1.54, 1.807) is 42.6 Å². The van der Waals surface area contributed by atoms with Gasteiger partial charge in [0.25, 0.3) is 0 Å². The number of hydrogen-bond acceptors (Lipinski definition) is 2. The first-order valence-electron chi connectivity index (χ1n) is 5.81. The van der Waals surface area contributed by atoms with E-state index in [-0.39, 0.29) is 0 Å². The lowest BCUT2D eigenvalue weighted by atomic mass is 10.3. The van der Waals surface area contributed by atoms with E-state index in [2.05, 4.69) is 4.72 Å². The molecule has 0 fully saturated rings. The largest absolute Gasteiger partial charge is 0.327 e. The van der Waals surface area contributed by atoms with Crippen molar-refractivity contribution in [3.05, 3.63) is 66.9 Å². The molecule has 0 atom stereocenters. The molecule has 0 spiro atoms. The second-order valence-electron chi connectivity index (χ2n) is 4.14. The minimum absolute atomic E-state index is 0.542. The first-order valence-corrected chi connectivity index (χ1v) is 7.25. The van der Waals surface area contributed by atoms with Gasteiger partial charge < -0.3 is 0 Å². The summed E-state index contributed by atoms with van der Waals surface area (Å²) in [6.45, 7) is 0. The van der Waals surface area contributed by atoms with Gasteiger partial charge in [-0.3, -0.25) is 4.72 Å². The van der Waals surface area contributed by atoms with Gasteiger partial charge in [-0.2, -0.15) is 8.42 Å². The predicted octanol–water partition coefficient (Wildman–Crippen LogP) is 2.85. The highest BCUT2D eigenvalue weighted by Crippen LogP contribution is 2.18. The summed E-state index contributed by atoms with van der Waals surface area (Å²) in [5.41, 5.74) is 1.20. The fourth-order valence-electron chi connectivity index (χ4n) is 1.97. The Morgan fingerprint density at radius 3 is 2.32 bits per heavy atom. The van der Waals surface area contributed by atoms with Crippen molar-refractivity contribution in [2.75, 3.05) is 4.72 Å². The van der Waals surface area contributed by atoms with Crippen molar-refractivity contribution >= 4 is 26.8 Å². The lowest BCUT2D eigenvalue weighted by Crippen LogP contribution is -2.20. The van der Waals surface area contributed by atoms with E-state index in [1.807, 2.05) is 24.3 Å². The van der Waals surface area contributed by atoms with E-state index in [9.17, 15) is 8.42 Å². The SMILES string of the molecule is O=S(=O)(Nc1ccccc1)n1ccc2ccccc21. The molecule has 0 aliphatic heterocycles. The van der Waals surface area contributed by atoms with Crippen molar-refractivity contribution < 1.29 is 8.42 Å². The van der Waals surface area contributed by atoms with Crippen molar-refractivity contribution in [1.82, 2.24) is 3.97 Å². The van der Waals surface area contributed by atoms with Crippen LogP contribution in [-0.2, 0) is 10.2 Å². The molecule has 5 heteroatoms. The Balaban J connectivity index is 2.05. The molecular formula is C14H12N2O2S. The second kappa shape index (κ2) is 4.44. The third kappa shape index (κ3) is 2.20. The highest BCUT2D eigenvalue weighted by Gasteiger charge is 2.14. The lowest BCUT2D eigenvalue weighted by Gasteiger charge is -2.09. The average molecular weight is 272 g/mol. The number of anilines is 1. The Morgan fingerprint density at radius 1 is 0.842 bits per heavy atom. The Bertz CT molecular complexity index is 808. The van der Waals surface area contributed by atoms with Crippen LogP contribution in [0.15, 0.2) is 66.9 Å². The molecule has 0 unspecified atom stereocenters. The zero-order valence-electron chi connectivity index (χ0n) is 10.0. The maximum atomic E-state index is 12.3. The van der Waals surface area contributed by atoms with Crippen LogP contribution in [0.3, 0.4) is 0 Å². The first kappa shape index (κ1) is 11.8. The Labute approximate surface area is 111 Å². The van der Waals surface area contributed by atoms with Crippen LogP contribution in [-0.4, -0.2) is 12.4 Å². The summed E-state index contributed by atoms with van der Waals surface area (Å²) in [5, 5.41) is 0.890. The van der Waals surface area contributed by atoms with Crippen LogP contribution >= 0.6 is 0 Å². The number of nitrogens with one attached hydrogen (secondary N) is 1. The molecule has 1 aromatic heterocycles. The van der Waals surface area contributed by atoms with Crippen molar-refractivity contribution in [1.29, 1.82) is 0 Å². The van der Waals surface area contributed by atoms with Gasteiger partial charge in [0.2, 0.25) is 0 Å². The molecule has 1 N–H and O–H groups in total.